The van der Waals surface area contributed by atoms with E-state index in [4.69, 9.17) is 10.3 Å². The average Bonchev–Trinajstić information content (AvgIpc) is 2.75. The molecule has 7 heteroatoms. The molecule has 1 atom stereocenters. The van der Waals surface area contributed by atoms with E-state index in [1.54, 1.807) is 13.0 Å². The predicted molar refractivity (Wildman–Crippen MR) is 68.5 cm³/mol. The summed E-state index contributed by atoms with van der Waals surface area (Å²) in [6, 6.07) is 4.59. The van der Waals surface area contributed by atoms with E-state index in [1.165, 1.54) is 12.1 Å². The van der Waals surface area contributed by atoms with Crippen LogP contribution in [0.2, 0.25) is 0 Å². The van der Waals surface area contributed by atoms with Crippen LogP contribution >= 0.6 is 0 Å². The third-order valence-electron chi connectivity index (χ3n) is 2.49. The van der Waals surface area contributed by atoms with E-state index < -0.39 is 4.92 Å². The number of rotatable bonds is 4. The van der Waals surface area contributed by atoms with Gasteiger partial charge in [0.15, 0.2) is 5.82 Å². The zero-order chi connectivity index (χ0) is 14.0. The van der Waals surface area contributed by atoms with Crippen molar-refractivity contribution >= 4 is 5.69 Å². The highest BCUT2D eigenvalue weighted by molar-refractivity contribution is 5.59. The van der Waals surface area contributed by atoms with E-state index >= 15 is 0 Å². The topological polar surface area (TPSA) is 108 Å². The van der Waals surface area contributed by atoms with Crippen LogP contribution in [0.4, 0.5) is 5.69 Å². The van der Waals surface area contributed by atoms with Crippen molar-refractivity contribution in [3.05, 3.63) is 39.7 Å². The Labute approximate surface area is 109 Å². The molecule has 0 aliphatic carbocycles. The van der Waals surface area contributed by atoms with Crippen LogP contribution in [0, 0.1) is 17.0 Å². The van der Waals surface area contributed by atoms with E-state index in [0.29, 0.717) is 17.8 Å². The Bertz CT molecular complexity index is 607. The largest absolute Gasteiger partial charge is 0.334 e. The Hall–Kier alpha value is -2.28. The minimum absolute atomic E-state index is 0.00180. The summed E-state index contributed by atoms with van der Waals surface area (Å²) in [5.74, 6) is 0.761. The lowest BCUT2D eigenvalue weighted by Crippen LogP contribution is -2.18. The molecule has 1 aromatic carbocycles. The lowest BCUT2D eigenvalue weighted by atomic mass is 10.1. The molecule has 1 heterocycles. The van der Waals surface area contributed by atoms with Crippen molar-refractivity contribution in [1.82, 2.24) is 10.1 Å². The third kappa shape index (κ3) is 3.14. The van der Waals surface area contributed by atoms with Crippen LogP contribution < -0.4 is 5.73 Å². The molecule has 7 nitrogen and oxygen atoms in total. The van der Waals surface area contributed by atoms with Crippen LogP contribution in [-0.2, 0) is 6.42 Å². The molecule has 0 saturated heterocycles. The molecular weight excluding hydrogens is 248 g/mol. The van der Waals surface area contributed by atoms with Crippen LogP contribution in [0.25, 0.3) is 11.5 Å². The first kappa shape index (κ1) is 13.2. The second-order valence-electron chi connectivity index (χ2n) is 4.51. The van der Waals surface area contributed by atoms with Crippen LogP contribution in [-0.4, -0.2) is 21.1 Å². The molecular formula is C12H14N4O3. The highest BCUT2D eigenvalue weighted by Crippen LogP contribution is 2.24. The molecule has 2 N–H and O–H groups in total. The van der Waals surface area contributed by atoms with Gasteiger partial charge in [0.05, 0.1) is 4.92 Å². The molecule has 1 unspecified atom stereocenters. The van der Waals surface area contributed by atoms with E-state index in [1.807, 2.05) is 6.92 Å². The summed E-state index contributed by atoms with van der Waals surface area (Å²) < 4.78 is 5.10. The minimum atomic E-state index is -0.449. The first-order valence-corrected chi connectivity index (χ1v) is 5.80. The van der Waals surface area contributed by atoms with Gasteiger partial charge in [0.25, 0.3) is 11.6 Å². The molecule has 1 aromatic heterocycles. The molecule has 2 aromatic rings. The Kier molecular flexibility index (Phi) is 3.57. The van der Waals surface area contributed by atoms with Crippen LogP contribution in [0.15, 0.2) is 22.7 Å². The molecule has 0 aliphatic heterocycles. The lowest BCUT2D eigenvalue weighted by Gasteiger charge is -1.98. The predicted octanol–water partition coefficient (Wildman–Crippen LogP) is 1.84. The molecule has 0 aliphatic rings. The number of nitrogens with zero attached hydrogens (tertiary/aromatic N) is 3. The summed E-state index contributed by atoms with van der Waals surface area (Å²) in [6.07, 6.45) is 0.497. The van der Waals surface area contributed by atoms with Crippen molar-refractivity contribution in [2.45, 2.75) is 26.3 Å². The SMILES string of the molecule is Cc1cc(-c2nc(CC(C)N)no2)cc([N+](=O)[O-])c1. The van der Waals surface area contributed by atoms with Crippen LogP contribution in [0.5, 0.6) is 0 Å². The maximum absolute atomic E-state index is 10.8. The summed E-state index contributed by atoms with van der Waals surface area (Å²) >= 11 is 0. The zero-order valence-electron chi connectivity index (χ0n) is 10.7. The smallest absolute Gasteiger partial charge is 0.270 e. The Morgan fingerprint density at radius 1 is 1.47 bits per heavy atom. The van der Waals surface area contributed by atoms with Gasteiger partial charge in [-0.15, -0.1) is 0 Å². The summed E-state index contributed by atoms with van der Waals surface area (Å²) in [6.45, 7) is 3.61. The lowest BCUT2D eigenvalue weighted by molar-refractivity contribution is -0.384. The second-order valence-corrected chi connectivity index (χ2v) is 4.51. The average molecular weight is 262 g/mol. The second kappa shape index (κ2) is 5.15. The molecule has 0 saturated carbocycles. The van der Waals surface area contributed by atoms with Gasteiger partial charge in [0.1, 0.15) is 0 Å². The van der Waals surface area contributed by atoms with Gasteiger partial charge >= 0.3 is 0 Å². The third-order valence-corrected chi connectivity index (χ3v) is 2.49. The molecule has 0 fully saturated rings. The van der Waals surface area contributed by atoms with Crippen molar-refractivity contribution in [1.29, 1.82) is 0 Å². The van der Waals surface area contributed by atoms with Gasteiger partial charge < -0.3 is 10.3 Å². The molecule has 0 radical (unpaired) electrons. The number of nitro groups is 1. The number of hydrogen-bond donors (Lipinski definition) is 1. The Morgan fingerprint density at radius 3 is 2.84 bits per heavy atom. The van der Waals surface area contributed by atoms with Gasteiger partial charge in [-0.25, -0.2) is 0 Å². The number of nitro benzene ring substituents is 1. The van der Waals surface area contributed by atoms with E-state index in [0.717, 1.165) is 5.56 Å². The van der Waals surface area contributed by atoms with E-state index in [9.17, 15) is 10.1 Å². The summed E-state index contributed by atoms with van der Waals surface area (Å²) in [5, 5.41) is 14.6. The molecule has 0 amide bonds. The summed E-state index contributed by atoms with van der Waals surface area (Å²) in [4.78, 5) is 14.5. The Morgan fingerprint density at radius 2 is 2.21 bits per heavy atom. The molecule has 0 spiro atoms. The van der Waals surface area contributed by atoms with Gasteiger partial charge in [-0.1, -0.05) is 5.16 Å². The van der Waals surface area contributed by atoms with Gasteiger partial charge in [0.2, 0.25) is 0 Å². The fourth-order valence-electron chi connectivity index (χ4n) is 1.73. The minimum Gasteiger partial charge on any atom is -0.334 e. The molecule has 100 valence electrons. The molecule has 2 rings (SSSR count). The van der Waals surface area contributed by atoms with Crippen molar-refractivity contribution in [3.8, 4) is 11.5 Å². The highest BCUT2D eigenvalue weighted by Gasteiger charge is 2.14. The van der Waals surface area contributed by atoms with E-state index in [-0.39, 0.29) is 17.6 Å². The number of nitrogens with two attached hydrogens (primary N) is 1. The van der Waals surface area contributed by atoms with Crippen LogP contribution in [0.3, 0.4) is 0 Å². The standard InChI is InChI=1S/C12H14N4O3/c1-7-3-9(6-10(4-7)16(17)18)12-14-11(15-19-12)5-8(2)13/h3-4,6,8H,5,13H2,1-2H3. The fraction of sp³-hybridized carbons (Fsp3) is 0.333. The molecule has 19 heavy (non-hydrogen) atoms. The Balaban J connectivity index is 2.36. The van der Waals surface area contributed by atoms with Gasteiger partial charge in [-0.05, 0) is 25.5 Å². The highest BCUT2D eigenvalue weighted by atomic mass is 16.6. The summed E-state index contributed by atoms with van der Waals surface area (Å²) in [7, 11) is 0. The first-order chi connectivity index (χ1) is 8.95. The number of benzene rings is 1. The normalized spacial score (nSPS) is 12.4. The number of aryl methyl sites for hydroxylation is 1. The van der Waals surface area contributed by atoms with Crippen molar-refractivity contribution in [3.63, 3.8) is 0 Å². The maximum Gasteiger partial charge on any atom is 0.270 e. The molecule has 0 bridgehead atoms. The van der Waals surface area contributed by atoms with Crippen molar-refractivity contribution in [2.24, 2.45) is 5.73 Å². The number of aromatic nitrogens is 2. The quantitative estimate of drug-likeness (QED) is 0.665. The van der Waals surface area contributed by atoms with Crippen LogP contribution in [0.1, 0.15) is 18.3 Å². The first-order valence-electron chi connectivity index (χ1n) is 5.80. The fourth-order valence-corrected chi connectivity index (χ4v) is 1.73. The van der Waals surface area contributed by atoms with Crippen molar-refractivity contribution < 1.29 is 9.45 Å². The summed E-state index contributed by atoms with van der Waals surface area (Å²) in [5.41, 5.74) is 6.95. The number of non-ortho nitro benzene ring substituents is 1. The van der Waals surface area contributed by atoms with E-state index in [2.05, 4.69) is 10.1 Å². The monoisotopic (exact) mass is 262 g/mol. The maximum atomic E-state index is 10.8. The van der Waals surface area contributed by atoms with Gasteiger partial charge in [-0.3, -0.25) is 10.1 Å². The van der Waals surface area contributed by atoms with Crippen molar-refractivity contribution in [2.75, 3.05) is 0 Å². The van der Waals surface area contributed by atoms with Gasteiger partial charge in [-0.2, -0.15) is 4.98 Å². The number of hydrogen-bond acceptors (Lipinski definition) is 6. The van der Waals surface area contributed by atoms with Gasteiger partial charge in [0, 0.05) is 30.2 Å². The zero-order valence-corrected chi connectivity index (χ0v) is 10.7.